The summed E-state index contributed by atoms with van der Waals surface area (Å²) >= 11 is 0. The molecule has 10 nitrogen and oxygen atoms in total. The number of carbonyl (C=O) groups is 1. The quantitative estimate of drug-likeness (QED) is 0.330. The van der Waals surface area contributed by atoms with Gasteiger partial charge in [0.15, 0.2) is 0 Å². The van der Waals surface area contributed by atoms with Crippen molar-refractivity contribution in [1.82, 2.24) is 24.3 Å². The van der Waals surface area contributed by atoms with Gasteiger partial charge >= 0.3 is 0 Å². The summed E-state index contributed by atoms with van der Waals surface area (Å²) < 4.78 is 13.4. The second-order valence-corrected chi connectivity index (χ2v) is 11.3. The van der Waals surface area contributed by atoms with Crippen LogP contribution >= 0.6 is 0 Å². The summed E-state index contributed by atoms with van der Waals surface area (Å²) in [6.07, 6.45) is 8.27. The Labute approximate surface area is 246 Å². The molecule has 1 amide bonds. The van der Waals surface area contributed by atoms with E-state index in [2.05, 4.69) is 42.9 Å². The molecule has 220 valence electrons. The summed E-state index contributed by atoms with van der Waals surface area (Å²) in [5.74, 6) is 1.22. The number of nitrogens with two attached hydrogens (primary N) is 1. The summed E-state index contributed by atoms with van der Waals surface area (Å²) in [6, 6.07) is 13.9. The first-order valence-electron chi connectivity index (χ1n) is 14.6. The van der Waals surface area contributed by atoms with E-state index in [1.807, 2.05) is 24.3 Å². The number of amides is 1. The van der Waals surface area contributed by atoms with Crippen molar-refractivity contribution in [2.45, 2.75) is 37.8 Å². The lowest BCUT2D eigenvalue weighted by Gasteiger charge is -2.41. The summed E-state index contributed by atoms with van der Waals surface area (Å²) in [4.78, 5) is 27.2. The average Bonchev–Trinajstić information content (AvgIpc) is 3.42. The van der Waals surface area contributed by atoms with Crippen molar-refractivity contribution < 1.29 is 14.3 Å². The van der Waals surface area contributed by atoms with Crippen molar-refractivity contribution in [3.63, 3.8) is 0 Å². The van der Waals surface area contributed by atoms with Gasteiger partial charge in [-0.05, 0) is 62.6 Å². The van der Waals surface area contributed by atoms with Gasteiger partial charge in [-0.25, -0.2) is 9.97 Å². The van der Waals surface area contributed by atoms with Crippen LogP contribution < -0.4 is 20.5 Å². The second kappa shape index (κ2) is 12.0. The molecule has 4 aromatic rings. The maximum absolute atomic E-state index is 13.1. The molecule has 0 bridgehead atoms. The molecule has 0 radical (unpaired) electrons. The molecule has 10 heteroatoms. The zero-order valence-corrected chi connectivity index (χ0v) is 24.5. The van der Waals surface area contributed by atoms with Crippen LogP contribution in [0.5, 0.6) is 11.5 Å². The Balaban J connectivity index is 1.27. The molecule has 1 aliphatic carbocycles. The van der Waals surface area contributed by atoms with Crippen LogP contribution in [0.25, 0.3) is 22.2 Å². The molecule has 2 aliphatic rings. The van der Waals surface area contributed by atoms with E-state index in [1.54, 1.807) is 38.7 Å². The maximum atomic E-state index is 13.1. The van der Waals surface area contributed by atoms with Crippen molar-refractivity contribution in [2.24, 2.45) is 0 Å². The minimum Gasteiger partial charge on any atom is -0.496 e. The molecule has 6 rings (SSSR count). The van der Waals surface area contributed by atoms with E-state index in [-0.39, 0.29) is 5.91 Å². The molecule has 1 saturated heterocycles. The molecule has 1 saturated carbocycles. The number of nitrogen functional groups attached to an aromatic ring is 1. The van der Waals surface area contributed by atoms with Crippen LogP contribution in [0.4, 0.5) is 11.5 Å². The van der Waals surface area contributed by atoms with Crippen LogP contribution in [0.2, 0.25) is 0 Å². The number of likely N-dealkylation sites (N-methyl/N-ethyl adjacent to an activating group) is 1. The predicted octanol–water partition coefficient (Wildman–Crippen LogP) is 4.68. The summed E-state index contributed by atoms with van der Waals surface area (Å²) in [7, 11) is 5.35. The smallest absolute Gasteiger partial charge is 0.259 e. The number of methoxy groups -OCH3 is 2. The molecule has 2 fully saturated rings. The molecule has 0 atom stereocenters. The molecule has 0 unspecified atom stereocenters. The van der Waals surface area contributed by atoms with E-state index < -0.39 is 0 Å². The van der Waals surface area contributed by atoms with Gasteiger partial charge in [-0.2, -0.15) is 0 Å². The fraction of sp³-hybridized carbons (Fsp3) is 0.406. The van der Waals surface area contributed by atoms with Gasteiger partial charge in [-0.15, -0.1) is 0 Å². The number of benzene rings is 2. The highest BCUT2D eigenvalue weighted by Gasteiger charge is 2.30. The number of piperazine rings is 1. The topological polar surface area (TPSA) is 111 Å². The van der Waals surface area contributed by atoms with E-state index in [0.29, 0.717) is 40.7 Å². The molecule has 3 heterocycles. The third kappa shape index (κ3) is 5.39. The van der Waals surface area contributed by atoms with Gasteiger partial charge in [-0.1, -0.05) is 18.2 Å². The zero-order valence-electron chi connectivity index (χ0n) is 24.5. The lowest BCUT2D eigenvalue weighted by atomic mass is 9.89. The molecule has 1 aliphatic heterocycles. The van der Waals surface area contributed by atoms with Crippen LogP contribution in [0, 0.1) is 0 Å². The molecule has 2 aromatic carbocycles. The van der Waals surface area contributed by atoms with Gasteiger partial charge in [-0.3, -0.25) is 9.69 Å². The summed E-state index contributed by atoms with van der Waals surface area (Å²) in [6.45, 7) is 4.61. The minimum atomic E-state index is -0.278. The number of ether oxygens (including phenoxy) is 2. The van der Waals surface area contributed by atoms with E-state index in [9.17, 15) is 4.79 Å². The Morgan fingerprint density at radius 2 is 1.64 bits per heavy atom. The first-order chi connectivity index (χ1) is 20.5. The Kier molecular flexibility index (Phi) is 7.99. The summed E-state index contributed by atoms with van der Waals surface area (Å²) in [5, 5.41) is 3.80. The summed E-state index contributed by atoms with van der Waals surface area (Å²) in [5.41, 5.74) is 10.2. The maximum Gasteiger partial charge on any atom is 0.259 e. The predicted molar refractivity (Wildman–Crippen MR) is 165 cm³/mol. The highest BCUT2D eigenvalue weighted by molar-refractivity contribution is 6.07. The largest absolute Gasteiger partial charge is 0.496 e. The van der Waals surface area contributed by atoms with Gasteiger partial charge in [0.1, 0.15) is 29.3 Å². The number of hydrogen-bond acceptors (Lipinski definition) is 8. The molecule has 42 heavy (non-hydrogen) atoms. The lowest BCUT2D eigenvalue weighted by molar-refractivity contribution is 0.0828. The highest BCUT2D eigenvalue weighted by atomic mass is 16.5. The van der Waals surface area contributed by atoms with Crippen molar-refractivity contribution in [3.05, 3.63) is 60.6 Å². The third-order valence-corrected chi connectivity index (χ3v) is 8.86. The monoisotopic (exact) mass is 569 g/mol. The first-order valence-corrected chi connectivity index (χ1v) is 14.6. The van der Waals surface area contributed by atoms with E-state index in [4.69, 9.17) is 15.2 Å². The Morgan fingerprint density at radius 1 is 0.929 bits per heavy atom. The Bertz CT molecular complexity index is 1570. The minimum absolute atomic E-state index is 0.278. The van der Waals surface area contributed by atoms with Crippen LogP contribution in [0.15, 0.2) is 55.0 Å². The number of nitrogens with zero attached hydrogens (tertiary/aromatic N) is 5. The standard InChI is InChI=1S/C32H39N7O3/c1-37-14-16-38(17-15-37)22-9-11-23(12-10-22)39-19-25(29-30(33)34-20-35-31(29)39)21-8-13-26(28(18-21)42-3)36-32(40)24-6-4-5-7-27(24)41-2/h4-8,13,18-20,22-23H,9-12,14-17H2,1-3H3,(H,36,40)(H2,33,34,35). The van der Waals surface area contributed by atoms with Gasteiger partial charge in [0.05, 0.1) is 30.9 Å². The van der Waals surface area contributed by atoms with Gasteiger partial charge in [0.25, 0.3) is 5.91 Å². The number of aromatic nitrogens is 3. The third-order valence-electron chi connectivity index (χ3n) is 8.86. The second-order valence-electron chi connectivity index (χ2n) is 11.3. The number of para-hydroxylation sites is 1. The van der Waals surface area contributed by atoms with E-state index >= 15 is 0 Å². The highest BCUT2D eigenvalue weighted by Crippen LogP contribution is 2.41. The number of hydrogen-bond donors (Lipinski definition) is 2. The Morgan fingerprint density at radius 3 is 2.38 bits per heavy atom. The van der Waals surface area contributed by atoms with Crippen LogP contribution in [0.3, 0.4) is 0 Å². The first kappa shape index (κ1) is 28.0. The average molecular weight is 570 g/mol. The van der Waals surface area contributed by atoms with E-state index in [0.717, 1.165) is 61.2 Å². The van der Waals surface area contributed by atoms with Crippen molar-refractivity contribution in [1.29, 1.82) is 0 Å². The van der Waals surface area contributed by atoms with Crippen LogP contribution in [-0.2, 0) is 0 Å². The van der Waals surface area contributed by atoms with Crippen molar-refractivity contribution in [3.8, 4) is 22.6 Å². The fourth-order valence-corrected chi connectivity index (χ4v) is 6.48. The van der Waals surface area contributed by atoms with Gasteiger partial charge in [0.2, 0.25) is 0 Å². The zero-order chi connectivity index (χ0) is 29.2. The number of rotatable bonds is 7. The molecule has 3 N–H and O–H groups in total. The number of nitrogens with one attached hydrogen (secondary N) is 1. The SMILES string of the molecule is COc1cc(-c2cn(C3CCC(N4CCN(C)CC4)CC3)c3ncnc(N)c23)ccc1NC(=O)c1ccccc1OC. The number of anilines is 2. The molecule has 0 spiro atoms. The van der Waals surface area contributed by atoms with Crippen molar-refractivity contribution >= 4 is 28.4 Å². The van der Waals surface area contributed by atoms with Crippen LogP contribution in [-0.4, -0.2) is 83.7 Å². The van der Waals surface area contributed by atoms with Crippen molar-refractivity contribution in [2.75, 3.05) is 58.5 Å². The van der Waals surface area contributed by atoms with Gasteiger partial charge in [0, 0.05) is 50.0 Å². The van der Waals surface area contributed by atoms with Gasteiger partial charge < -0.3 is 30.0 Å². The molecular formula is C32H39N7O3. The molecular weight excluding hydrogens is 530 g/mol. The number of fused-ring (bicyclic) bond motifs is 1. The van der Waals surface area contributed by atoms with Crippen LogP contribution in [0.1, 0.15) is 42.1 Å². The number of carbonyl (C=O) groups excluding carboxylic acids is 1. The Hall–Kier alpha value is -4.15. The normalized spacial score (nSPS) is 20.0. The van der Waals surface area contributed by atoms with E-state index in [1.165, 1.54) is 12.8 Å². The fourth-order valence-electron chi connectivity index (χ4n) is 6.48. The lowest BCUT2D eigenvalue weighted by Crippen LogP contribution is -2.49. The molecule has 2 aromatic heterocycles.